The predicted molar refractivity (Wildman–Crippen MR) is 116 cm³/mol. The van der Waals surface area contributed by atoms with E-state index in [4.69, 9.17) is 9.26 Å². The summed E-state index contributed by atoms with van der Waals surface area (Å²) in [5, 5.41) is 4.06. The molecule has 2 aromatic carbocycles. The van der Waals surface area contributed by atoms with Crippen molar-refractivity contribution in [3.63, 3.8) is 0 Å². The average molecular weight is 418 g/mol. The van der Waals surface area contributed by atoms with Crippen LogP contribution >= 0.6 is 0 Å². The first kappa shape index (κ1) is 19.9. The lowest BCUT2D eigenvalue weighted by atomic mass is 9.93. The lowest BCUT2D eigenvalue weighted by Gasteiger charge is -2.35. The summed E-state index contributed by atoms with van der Waals surface area (Å²) in [4.78, 5) is 19.8. The molecule has 3 aromatic rings. The fraction of sp³-hybridized carbons (Fsp3) is 0.400. The van der Waals surface area contributed by atoms with Gasteiger partial charge in [-0.1, -0.05) is 53.7 Å². The zero-order valence-electron chi connectivity index (χ0n) is 17.6. The highest BCUT2D eigenvalue weighted by atomic mass is 16.5. The number of amides is 1. The summed E-state index contributed by atoms with van der Waals surface area (Å²) in [5.74, 6) is 1.43. The fourth-order valence-corrected chi connectivity index (χ4v) is 4.44. The van der Waals surface area contributed by atoms with Gasteiger partial charge in [0.05, 0.1) is 18.1 Å². The minimum absolute atomic E-state index is 0.0600. The van der Waals surface area contributed by atoms with E-state index in [0.717, 1.165) is 43.4 Å². The number of likely N-dealkylation sites (tertiary alicyclic amines) is 1. The Bertz CT molecular complexity index is 1010. The van der Waals surface area contributed by atoms with Crippen LogP contribution < -0.4 is 0 Å². The van der Waals surface area contributed by atoms with Gasteiger partial charge in [0.1, 0.15) is 0 Å². The first-order chi connectivity index (χ1) is 15.2. The molecular weight excluding hydrogens is 390 g/mol. The van der Waals surface area contributed by atoms with E-state index in [1.807, 2.05) is 53.4 Å². The highest BCUT2D eigenvalue weighted by molar-refractivity contribution is 5.91. The third-order valence-corrected chi connectivity index (χ3v) is 6.32. The SMILES string of the molecule is O=C(N1CCCC(OCCc2noc(-c3ccccc3)n2)C1)C1(c2ccccc2)CC1. The van der Waals surface area contributed by atoms with Gasteiger partial charge in [0.25, 0.3) is 5.89 Å². The van der Waals surface area contributed by atoms with Crippen LogP contribution in [-0.2, 0) is 21.4 Å². The van der Waals surface area contributed by atoms with Gasteiger partial charge in [-0.2, -0.15) is 4.98 Å². The molecule has 31 heavy (non-hydrogen) atoms. The number of piperidine rings is 1. The van der Waals surface area contributed by atoms with Crippen molar-refractivity contribution in [3.05, 3.63) is 72.1 Å². The molecule has 2 heterocycles. The van der Waals surface area contributed by atoms with Crippen LogP contribution in [0.15, 0.2) is 65.2 Å². The Hall–Kier alpha value is -2.99. The largest absolute Gasteiger partial charge is 0.376 e. The lowest BCUT2D eigenvalue weighted by molar-refractivity contribution is -0.138. The molecule has 0 bridgehead atoms. The van der Waals surface area contributed by atoms with Crippen LogP contribution in [-0.4, -0.2) is 46.7 Å². The van der Waals surface area contributed by atoms with E-state index in [1.54, 1.807) is 0 Å². The number of rotatable bonds is 7. The third kappa shape index (κ3) is 4.26. The summed E-state index contributed by atoms with van der Waals surface area (Å²) in [6.07, 6.45) is 4.49. The Morgan fingerprint density at radius 1 is 1.10 bits per heavy atom. The topological polar surface area (TPSA) is 68.5 Å². The van der Waals surface area contributed by atoms with Crippen LogP contribution in [0.2, 0.25) is 0 Å². The number of ether oxygens (including phenoxy) is 1. The maximum atomic E-state index is 13.3. The van der Waals surface area contributed by atoms with Crippen LogP contribution in [0.1, 0.15) is 37.1 Å². The van der Waals surface area contributed by atoms with Gasteiger partial charge >= 0.3 is 0 Å². The van der Waals surface area contributed by atoms with Crippen LogP contribution in [0.25, 0.3) is 11.5 Å². The van der Waals surface area contributed by atoms with Gasteiger partial charge in [0, 0.05) is 25.1 Å². The summed E-state index contributed by atoms with van der Waals surface area (Å²) in [6.45, 7) is 2.00. The second-order valence-electron chi connectivity index (χ2n) is 8.47. The number of carbonyl (C=O) groups is 1. The molecule has 1 unspecified atom stereocenters. The molecule has 6 heteroatoms. The van der Waals surface area contributed by atoms with Crippen LogP contribution in [0.5, 0.6) is 0 Å². The molecule has 0 radical (unpaired) electrons. The van der Waals surface area contributed by atoms with Crippen molar-refractivity contribution in [2.45, 2.75) is 43.6 Å². The molecule has 6 nitrogen and oxygen atoms in total. The molecule has 1 aliphatic heterocycles. The van der Waals surface area contributed by atoms with E-state index in [0.29, 0.717) is 31.3 Å². The molecule has 2 fully saturated rings. The van der Waals surface area contributed by atoms with E-state index < -0.39 is 0 Å². The Morgan fingerprint density at radius 3 is 2.58 bits per heavy atom. The molecule has 160 valence electrons. The van der Waals surface area contributed by atoms with E-state index in [9.17, 15) is 4.79 Å². The molecule has 1 amide bonds. The summed E-state index contributed by atoms with van der Waals surface area (Å²) in [7, 11) is 0. The zero-order valence-corrected chi connectivity index (χ0v) is 17.6. The fourth-order valence-electron chi connectivity index (χ4n) is 4.44. The van der Waals surface area contributed by atoms with Crippen LogP contribution in [0.4, 0.5) is 0 Å². The van der Waals surface area contributed by atoms with Gasteiger partial charge in [-0.3, -0.25) is 4.79 Å². The molecule has 5 rings (SSSR count). The van der Waals surface area contributed by atoms with E-state index in [2.05, 4.69) is 22.3 Å². The van der Waals surface area contributed by atoms with Crippen LogP contribution in [0, 0.1) is 0 Å². The van der Waals surface area contributed by atoms with Crippen molar-refractivity contribution in [2.75, 3.05) is 19.7 Å². The van der Waals surface area contributed by atoms with Gasteiger partial charge in [-0.05, 0) is 43.4 Å². The summed E-state index contributed by atoms with van der Waals surface area (Å²) >= 11 is 0. The number of nitrogens with zero attached hydrogens (tertiary/aromatic N) is 3. The number of carbonyl (C=O) groups excluding carboxylic acids is 1. The number of benzene rings is 2. The molecule has 1 aromatic heterocycles. The minimum Gasteiger partial charge on any atom is -0.376 e. The average Bonchev–Trinajstić information content (AvgIpc) is 3.51. The van der Waals surface area contributed by atoms with Gasteiger partial charge < -0.3 is 14.2 Å². The number of hydrogen-bond donors (Lipinski definition) is 0. The van der Waals surface area contributed by atoms with Crippen molar-refractivity contribution in [2.24, 2.45) is 0 Å². The predicted octanol–water partition coefficient (Wildman–Crippen LogP) is 4.02. The summed E-state index contributed by atoms with van der Waals surface area (Å²) < 4.78 is 11.5. The van der Waals surface area contributed by atoms with Crippen molar-refractivity contribution < 1.29 is 14.1 Å². The highest BCUT2D eigenvalue weighted by Crippen LogP contribution is 2.49. The summed E-state index contributed by atoms with van der Waals surface area (Å²) in [6, 6.07) is 19.9. The van der Waals surface area contributed by atoms with Crippen molar-refractivity contribution in [1.82, 2.24) is 15.0 Å². The molecule has 1 aliphatic carbocycles. The zero-order chi connectivity index (χ0) is 21.1. The first-order valence-electron chi connectivity index (χ1n) is 11.1. The first-order valence-corrected chi connectivity index (χ1v) is 11.1. The minimum atomic E-state index is -0.304. The lowest BCUT2D eigenvalue weighted by Crippen LogP contribution is -2.47. The smallest absolute Gasteiger partial charge is 0.257 e. The Balaban J connectivity index is 1.14. The Kier molecular flexibility index (Phi) is 5.55. The van der Waals surface area contributed by atoms with Crippen molar-refractivity contribution in [3.8, 4) is 11.5 Å². The van der Waals surface area contributed by atoms with Crippen LogP contribution in [0.3, 0.4) is 0 Å². The quantitative estimate of drug-likeness (QED) is 0.581. The van der Waals surface area contributed by atoms with E-state index >= 15 is 0 Å². The molecule has 1 saturated carbocycles. The molecule has 0 N–H and O–H groups in total. The van der Waals surface area contributed by atoms with Crippen molar-refractivity contribution in [1.29, 1.82) is 0 Å². The second kappa shape index (κ2) is 8.63. The van der Waals surface area contributed by atoms with E-state index in [1.165, 1.54) is 0 Å². The maximum Gasteiger partial charge on any atom is 0.257 e. The third-order valence-electron chi connectivity index (χ3n) is 6.32. The van der Waals surface area contributed by atoms with Crippen molar-refractivity contribution >= 4 is 5.91 Å². The Labute approximate surface area is 182 Å². The van der Waals surface area contributed by atoms with Gasteiger partial charge in [0.15, 0.2) is 5.82 Å². The number of aromatic nitrogens is 2. The van der Waals surface area contributed by atoms with Gasteiger partial charge in [-0.15, -0.1) is 0 Å². The molecular formula is C25H27N3O3. The molecule has 1 saturated heterocycles. The van der Waals surface area contributed by atoms with E-state index in [-0.39, 0.29) is 17.4 Å². The highest BCUT2D eigenvalue weighted by Gasteiger charge is 2.53. The van der Waals surface area contributed by atoms with Gasteiger partial charge in [-0.25, -0.2) is 0 Å². The second-order valence-corrected chi connectivity index (χ2v) is 8.47. The van der Waals surface area contributed by atoms with Gasteiger partial charge in [0.2, 0.25) is 5.91 Å². The maximum absolute atomic E-state index is 13.3. The molecule has 1 atom stereocenters. The molecule has 2 aliphatic rings. The standard InChI is InChI=1S/C25H27N3O3/c29-24(25(14-15-25)20-10-5-2-6-11-20)28-16-7-12-21(18-28)30-17-13-22-26-23(31-27-22)19-8-3-1-4-9-19/h1-6,8-11,21H,7,12-18H2. The number of hydrogen-bond acceptors (Lipinski definition) is 5. The Morgan fingerprint density at radius 2 is 1.84 bits per heavy atom. The monoisotopic (exact) mass is 417 g/mol. The molecule has 0 spiro atoms. The normalized spacial score (nSPS) is 19.9. The summed E-state index contributed by atoms with van der Waals surface area (Å²) in [5.41, 5.74) is 1.76.